The molecule has 1 saturated heterocycles. The van der Waals surface area contributed by atoms with Gasteiger partial charge < -0.3 is 10.2 Å². The van der Waals surface area contributed by atoms with E-state index in [-0.39, 0.29) is 0 Å². The van der Waals surface area contributed by atoms with Gasteiger partial charge in [-0.05, 0) is 19.8 Å². The van der Waals surface area contributed by atoms with Gasteiger partial charge in [0.2, 0.25) is 0 Å². The maximum atomic E-state index is 11.3. The summed E-state index contributed by atoms with van der Waals surface area (Å²) in [6.07, 6.45) is 2.40. The van der Waals surface area contributed by atoms with E-state index in [1.165, 1.54) is 37.1 Å². The molecule has 6 heteroatoms. The van der Waals surface area contributed by atoms with E-state index in [1.807, 2.05) is 6.92 Å². The Hall–Kier alpha value is -2.21. The van der Waals surface area contributed by atoms with Crippen molar-refractivity contribution in [1.82, 2.24) is 15.2 Å². The molecule has 0 radical (unpaired) electrons. The van der Waals surface area contributed by atoms with E-state index in [2.05, 4.69) is 51.7 Å². The Balaban J connectivity index is 1.46. The van der Waals surface area contributed by atoms with Gasteiger partial charge in [-0.1, -0.05) is 29.8 Å². The summed E-state index contributed by atoms with van der Waals surface area (Å²) in [5.41, 5.74) is 3.07. The van der Waals surface area contributed by atoms with Gasteiger partial charge in [-0.2, -0.15) is 10.1 Å². The maximum Gasteiger partial charge on any atom is 0.363 e. The number of likely N-dealkylation sites (tertiary alicyclic amines) is 1. The summed E-state index contributed by atoms with van der Waals surface area (Å²) in [6, 6.07) is 8.86. The molecule has 3 N–H and O–H groups in total. The van der Waals surface area contributed by atoms with Crippen LogP contribution in [0.25, 0.3) is 0 Å². The number of H-pyrrole nitrogens is 1. The highest BCUT2D eigenvalue weighted by Gasteiger charge is 2.22. The fourth-order valence-corrected chi connectivity index (χ4v) is 3.26. The molecule has 1 aliphatic heterocycles. The number of hydrogen-bond acceptors (Lipinski definition) is 4. The highest BCUT2D eigenvalue weighted by Crippen LogP contribution is 2.12. The molecule has 1 aromatic heterocycles. The molecule has 1 fully saturated rings. The molecule has 1 aromatic carbocycles. The molecular weight excluding hydrogens is 302 g/mol. The lowest BCUT2D eigenvalue weighted by Gasteiger charge is -2.29. The zero-order chi connectivity index (χ0) is 16.9. The third-order valence-corrected chi connectivity index (χ3v) is 4.82. The SMILES string of the molecule is Cc1ccc(C[NH+]2CCC(CNc3nc(=O)[nH]nc3C)CC2)cc1. The number of benzene rings is 1. The average molecular weight is 328 g/mol. The molecule has 0 atom stereocenters. The van der Waals surface area contributed by atoms with Gasteiger partial charge in [0, 0.05) is 24.9 Å². The van der Waals surface area contributed by atoms with Crippen LogP contribution in [0.1, 0.15) is 29.7 Å². The Labute approximate surface area is 142 Å². The highest BCUT2D eigenvalue weighted by molar-refractivity contribution is 5.37. The number of nitrogens with zero attached hydrogens (tertiary/aromatic N) is 2. The first kappa shape index (κ1) is 16.6. The molecule has 0 unspecified atom stereocenters. The van der Waals surface area contributed by atoms with Crippen LogP contribution in [-0.2, 0) is 6.54 Å². The maximum absolute atomic E-state index is 11.3. The van der Waals surface area contributed by atoms with Crippen LogP contribution < -0.4 is 15.9 Å². The summed E-state index contributed by atoms with van der Waals surface area (Å²) >= 11 is 0. The Morgan fingerprint density at radius 1 is 1.21 bits per heavy atom. The van der Waals surface area contributed by atoms with Crippen LogP contribution in [0.15, 0.2) is 29.1 Å². The molecule has 2 heterocycles. The minimum atomic E-state index is -0.402. The normalized spacial score (nSPS) is 20.8. The number of aryl methyl sites for hydroxylation is 2. The number of quaternary nitrogens is 1. The molecular formula is C18H26N5O+. The summed E-state index contributed by atoms with van der Waals surface area (Å²) < 4.78 is 0. The molecule has 0 amide bonds. The third kappa shape index (κ3) is 4.41. The van der Waals surface area contributed by atoms with Crippen molar-refractivity contribution in [3.8, 4) is 0 Å². The fraction of sp³-hybridized carbons (Fsp3) is 0.500. The van der Waals surface area contributed by atoms with Crippen molar-refractivity contribution < 1.29 is 4.90 Å². The van der Waals surface area contributed by atoms with Gasteiger partial charge in [0.15, 0.2) is 5.82 Å². The first-order valence-corrected chi connectivity index (χ1v) is 8.66. The lowest BCUT2D eigenvalue weighted by molar-refractivity contribution is -0.919. The van der Waals surface area contributed by atoms with Crippen LogP contribution in [0.4, 0.5) is 5.82 Å². The summed E-state index contributed by atoms with van der Waals surface area (Å²) in [7, 11) is 0. The first-order chi connectivity index (χ1) is 11.6. The van der Waals surface area contributed by atoms with E-state index in [1.54, 1.807) is 4.90 Å². The van der Waals surface area contributed by atoms with Gasteiger partial charge >= 0.3 is 5.69 Å². The van der Waals surface area contributed by atoms with E-state index in [0.29, 0.717) is 11.7 Å². The molecule has 0 aliphatic carbocycles. The first-order valence-electron chi connectivity index (χ1n) is 8.66. The number of rotatable bonds is 5. The van der Waals surface area contributed by atoms with E-state index >= 15 is 0 Å². The van der Waals surface area contributed by atoms with Crippen LogP contribution in [0.5, 0.6) is 0 Å². The zero-order valence-electron chi connectivity index (χ0n) is 14.4. The quantitative estimate of drug-likeness (QED) is 0.755. The second-order valence-corrected chi connectivity index (χ2v) is 6.81. The van der Waals surface area contributed by atoms with Gasteiger partial charge in [0.1, 0.15) is 12.2 Å². The number of piperidine rings is 1. The second kappa shape index (κ2) is 7.57. The van der Waals surface area contributed by atoms with Crippen molar-refractivity contribution in [2.45, 2.75) is 33.2 Å². The molecule has 1 aliphatic rings. The van der Waals surface area contributed by atoms with E-state index in [4.69, 9.17) is 0 Å². The Morgan fingerprint density at radius 2 is 1.92 bits per heavy atom. The van der Waals surface area contributed by atoms with Gasteiger partial charge in [0.05, 0.1) is 13.1 Å². The van der Waals surface area contributed by atoms with Crippen LogP contribution in [0.2, 0.25) is 0 Å². The Kier molecular flexibility index (Phi) is 5.25. The summed E-state index contributed by atoms with van der Waals surface area (Å²) in [6.45, 7) is 8.33. The largest absolute Gasteiger partial charge is 0.368 e. The minimum Gasteiger partial charge on any atom is -0.368 e. The standard InChI is InChI=1S/C18H25N5O/c1-13-3-5-16(6-4-13)12-23-9-7-15(8-10-23)11-19-17-14(2)21-22-18(24)20-17/h3-6,15H,7-12H2,1-2H3,(H2,19,20,22,24)/p+1. The number of anilines is 1. The van der Waals surface area contributed by atoms with E-state index in [0.717, 1.165) is 18.8 Å². The molecule has 24 heavy (non-hydrogen) atoms. The van der Waals surface area contributed by atoms with Crippen molar-refractivity contribution in [2.24, 2.45) is 5.92 Å². The lowest BCUT2D eigenvalue weighted by Crippen LogP contribution is -3.11. The van der Waals surface area contributed by atoms with Crippen LogP contribution in [0.3, 0.4) is 0 Å². The topological polar surface area (TPSA) is 75.1 Å². The highest BCUT2D eigenvalue weighted by atomic mass is 16.1. The predicted molar refractivity (Wildman–Crippen MR) is 94.2 cm³/mol. The van der Waals surface area contributed by atoms with Crippen molar-refractivity contribution >= 4 is 5.82 Å². The number of aromatic nitrogens is 3. The average Bonchev–Trinajstić information content (AvgIpc) is 2.59. The van der Waals surface area contributed by atoms with Crippen LogP contribution in [-0.4, -0.2) is 34.8 Å². The van der Waals surface area contributed by atoms with E-state index in [9.17, 15) is 4.79 Å². The molecule has 3 rings (SSSR count). The second-order valence-electron chi connectivity index (χ2n) is 6.81. The van der Waals surface area contributed by atoms with Gasteiger partial charge in [-0.15, -0.1) is 0 Å². The van der Waals surface area contributed by atoms with Crippen LogP contribution in [0, 0.1) is 19.8 Å². The summed E-state index contributed by atoms with van der Waals surface area (Å²) in [4.78, 5) is 16.9. The molecule has 0 bridgehead atoms. The van der Waals surface area contributed by atoms with Gasteiger partial charge in [0.25, 0.3) is 0 Å². The molecule has 128 valence electrons. The smallest absolute Gasteiger partial charge is 0.363 e. The van der Waals surface area contributed by atoms with E-state index < -0.39 is 5.69 Å². The van der Waals surface area contributed by atoms with Crippen molar-refractivity contribution in [1.29, 1.82) is 0 Å². The lowest BCUT2D eigenvalue weighted by atomic mass is 9.96. The number of nitrogens with one attached hydrogen (secondary N) is 3. The summed E-state index contributed by atoms with van der Waals surface area (Å²) in [5.74, 6) is 1.24. The molecule has 0 spiro atoms. The molecule has 0 saturated carbocycles. The van der Waals surface area contributed by atoms with Crippen molar-refractivity contribution in [2.75, 3.05) is 25.0 Å². The fourth-order valence-electron chi connectivity index (χ4n) is 3.26. The minimum absolute atomic E-state index is 0.402. The zero-order valence-corrected chi connectivity index (χ0v) is 14.4. The van der Waals surface area contributed by atoms with Crippen LogP contribution >= 0.6 is 0 Å². The van der Waals surface area contributed by atoms with Crippen molar-refractivity contribution in [3.05, 3.63) is 51.6 Å². The van der Waals surface area contributed by atoms with Gasteiger partial charge in [-0.25, -0.2) is 9.89 Å². The molecule has 6 nitrogen and oxygen atoms in total. The van der Waals surface area contributed by atoms with Crippen molar-refractivity contribution in [3.63, 3.8) is 0 Å². The molecule has 2 aromatic rings. The Morgan fingerprint density at radius 3 is 2.62 bits per heavy atom. The predicted octanol–water partition coefficient (Wildman–Crippen LogP) is 0.689. The van der Waals surface area contributed by atoms with Gasteiger partial charge in [-0.3, -0.25) is 0 Å². The summed E-state index contributed by atoms with van der Waals surface area (Å²) in [5, 5.41) is 9.58. The number of aromatic amines is 1. The number of hydrogen-bond donors (Lipinski definition) is 3. The Bertz CT molecular complexity index is 717. The third-order valence-electron chi connectivity index (χ3n) is 4.82. The monoisotopic (exact) mass is 328 g/mol.